The molecule has 0 saturated carbocycles. The molecule has 1 aliphatic heterocycles. The van der Waals surface area contributed by atoms with Crippen LogP contribution >= 0.6 is 0 Å². The Morgan fingerprint density at radius 2 is 2.00 bits per heavy atom. The largest absolute Gasteiger partial charge is 0.497 e. The van der Waals surface area contributed by atoms with Crippen LogP contribution in [0.5, 0.6) is 5.75 Å². The fourth-order valence-electron chi connectivity index (χ4n) is 3.55. The molecule has 2 amide bonds. The minimum Gasteiger partial charge on any atom is -0.497 e. The number of amides is 2. The number of morpholine rings is 1. The molecule has 0 bridgehead atoms. The summed E-state index contributed by atoms with van der Waals surface area (Å²) in [5.74, 6) is 1.74. The van der Waals surface area contributed by atoms with Gasteiger partial charge in [0.2, 0.25) is 0 Å². The van der Waals surface area contributed by atoms with Gasteiger partial charge in [-0.05, 0) is 54.4 Å². The van der Waals surface area contributed by atoms with E-state index in [1.807, 2.05) is 42.5 Å². The van der Waals surface area contributed by atoms with Gasteiger partial charge in [-0.2, -0.15) is 0 Å². The van der Waals surface area contributed by atoms with Crippen molar-refractivity contribution >= 4 is 28.4 Å². The Balaban J connectivity index is 1.43. The lowest BCUT2D eigenvalue weighted by Crippen LogP contribution is -2.36. The molecule has 156 valence electrons. The van der Waals surface area contributed by atoms with Gasteiger partial charge in [-0.3, -0.25) is 0 Å². The maximum absolute atomic E-state index is 12.3. The van der Waals surface area contributed by atoms with E-state index in [0.29, 0.717) is 6.54 Å². The number of urea groups is 1. The average molecular weight is 406 g/mol. The predicted octanol–water partition coefficient (Wildman–Crippen LogP) is 3.71. The van der Waals surface area contributed by atoms with Gasteiger partial charge < -0.3 is 25.0 Å². The molecule has 0 unspecified atom stereocenters. The molecule has 0 atom stereocenters. The van der Waals surface area contributed by atoms with Crippen LogP contribution in [0.3, 0.4) is 0 Å². The third kappa shape index (κ3) is 4.63. The van der Waals surface area contributed by atoms with E-state index in [2.05, 4.69) is 28.5 Å². The summed E-state index contributed by atoms with van der Waals surface area (Å²) in [6, 6.07) is 15.3. The van der Waals surface area contributed by atoms with E-state index >= 15 is 0 Å². The fourth-order valence-corrected chi connectivity index (χ4v) is 3.55. The molecule has 0 aliphatic carbocycles. The van der Waals surface area contributed by atoms with Crippen molar-refractivity contribution in [2.75, 3.05) is 43.6 Å². The van der Waals surface area contributed by atoms with Crippen LogP contribution in [0.4, 0.5) is 16.3 Å². The highest BCUT2D eigenvalue weighted by atomic mass is 16.5. The SMILES string of the molecule is COc1cccc(CNC(=O)Nc2ccc3nc(N4CCOCC4)cc(C)c3c2)c1. The second-order valence-corrected chi connectivity index (χ2v) is 7.29. The quantitative estimate of drug-likeness (QED) is 0.676. The number of pyridine rings is 1. The Kier molecular flexibility index (Phi) is 5.99. The number of rotatable bonds is 5. The predicted molar refractivity (Wildman–Crippen MR) is 118 cm³/mol. The maximum atomic E-state index is 12.3. The van der Waals surface area contributed by atoms with Crippen LogP contribution in [0.15, 0.2) is 48.5 Å². The monoisotopic (exact) mass is 406 g/mol. The number of hydrogen-bond donors (Lipinski definition) is 2. The first-order valence-corrected chi connectivity index (χ1v) is 10.0. The van der Waals surface area contributed by atoms with Crippen molar-refractivity contribution in [3.05, 3.63) is 59.7 Å². The van der Waals surface area contributed by atoms with Crippen molar-refractivity contribution < 1.29 is 14.3 Å². The lowest BCUT2D eigenvalue weighted by molar-refractivity contribution is 0.122. The topological polar surface area (TPSA) is 75.7 Å². The lowest BCUT2D eigenvalue weighted by atomic mass is 10.1. The number of fused-ring (bicyclic) bond motifs is 1. The number of nitrogens with one attached hydrogen (secondary N) is 2. The summed E-state index contributed by atoms with van der Waals surface area (Å²) >= 11 is 0. The third-order valence-electron chi connectivity index (χ3n) is 5.18. The van der Waals surface area contributed by atoms with Gasteiger partial charge in [0.1, 0.15) is 11.6 Å². The minimum atomic E-state index is -0.257. The highest BCUT2D eigenvalue weighted by Crippen LogP contribution is 2.26. The summed E-state index contributed by atoms with van der Waals surface area (Å²) in [5.41, 5.74) is 3.74. The number of carbonyl (C=O) groups is 1. The number of ether oxygens (including phenoxy) is 2. The first kappa shape index (κ1) is 20.0. The first-order chi connectivity index (χ1) is 14.6. The molecular weight excluding hydrogens is 380 g/mol. The summed E-state index contributed by atoms with van der Waals surface area (Å²) in [6.07, 6.45) is 0. The molecule has 2 N–H and O–H groups in total. The number of aromatic nitrogens is 1. The highest BCUT2D eigenvalue weighted by molar-refractivity contribution is 5.94. The maximum Gasteiger partial charge on any atom is 0.319 e. The molecule has 1 fully saturated rings. The van der Waals surface area contributed by atoms with Gasteiger partial charge in [-0.15, -0.1) is 0 Å². The molecule has 0 spiro atoms. The van der Waals surface area contributed by atoms with Crippen LogP contribution in [0.25, 0.3) is 10.9 Å². The normalized spacial score (nSPS) is 13.9. The zero-order valence-electron chi connectivity index (χ0n) is 17.3. The van der Waals surface area contributed by atoms with Crippen LogP contribution in [-0.2, 0) is 11.3 Å². The minimum absolute atomic E-state index is 0.257. The van der Waals surface area contributed by atoms with E-state index < -0.39 is 0 Å². The summed E-state index contributed by atoms with van der Waals surface area (Å²) in [4.78, 5) is 19.4. The molecule has 1 aliphatic rings. The number of hydrogen-bond acceptors (Lipinski definition) is 5. The Morgan fingerprint density at radius 3 is 2.80 bits per heavy atom. The van der Waals surface area contributed by atoms with E-state index in [-0.39, 0.29) is 6.03 Å². The molecule has 2 aromatic carbocycles. The Bertz CT molecular complexity index is 1050. The summed E-state index contributed by atoms with van der Waals surface area (Å²) in [7, 11) is 1.62. The van der Waals surface area contributed by atoms with E-state index in [4.69, 9.17) is 14.5 Å². The molecule has 7 nitrogen and oxygen atoms in total. The molecule has 1 aromatic heterocycles. The number of anilines is 2. The van der Waals surface area contributed by atoms with Crippen LogP contribution in [0.2, 0.25) is 0 Å². The Hall–Kier alpha value is -3.32. The number of aryl methyl sites for hydroxylation is 1. The number of benzene rings is 2. The zero-order chi connectivity index (χ0) is 20.9. The van der Waals surface area contributed by atoms with Gasteiger partial charge >= 0.3 is 6.03 Å². The zero-order valence-corrected chi connectivity index (χ0v) is 17.3. The average Bonchev–Trinajstić information content (AvgIpc) is 2.79. The Morgan fingerprint density at radius 1 is 1.17 bits per heavy atom. The second-order valence-electron chi connectivity index (χ2n) is 7.29. The smallest absolute Gasteiger partial charge is 0.319 e. The van der Waals surface area contributed by atoms with Gasteiger partial charge in [0.05, 0.1) is 25.8 Å². The van der Waals surface area contributed by atoms with Crippen molar-refractivity contribution in [2.45, 2.75) is 13.5 Å². The van der Waals surface area contributed by atoms with Gasteiger partial charge in [0.15, 0.2) is 0 Å². The fraction of sp³-hybridized carbons (Fsp3) is 0.304. The summed E-state index contributed by atoms with van der Waals surface area (Å²) < 4.78 is 10.6. The van der Waals surface area contributed by atoms with Crippen LogP contribution in [-0.4, -0.2) is 44.4 Å². The van der Waals surface area contributed by atoms with Gasteiger partial charge in [-0.25, -0.2) is 9.78 Å². The van der Waals surface area contributed by atoms with Gasteiger partial charge in [0.25, 0.3) is 0 Å². The van der Waals surface area contributed by atoms with Crippen molar-refractivity contribution in [2.24, 2.45) is 0 Å². The molecule has 30 heavy (non-hydrogen) atoms. The van der Waals surface area contributed by atoms with Crippen LogP contribution < -0.4 is 20.3 Å². The van der Waals surface area contributed by atoms with Crippen LogP contribution in [0, 0.1) is 6.92 Å². The molecule has 2 heterocycles. The number of carbonyl (C=O) groups excluding carboxylic acids is 1. The van der Waals surface area contributed by atoms with Crippen molar-refractivity contribution in [3.8, 4) is 5.75 Å². The van der Waals surface area contributed by atoms with Crippen molar-refractivity contribution in [1.82, 2.24) is 10.3 Å². The molecule has 1 saturated heterocycles. The summed E-state index contributed by atoms with van der Waals surface area (Å²) in [5, 5.41) is 6.80. The number of nitrogens with zero attached hydrogens (tertiary/aromatic N) is 2. The van der Waals surface area contributed by atoms with Gasteiger partial charge in [0, 0.05) is 30.7 Å². The van der Waals surface area contributed by atoms with E-state index in [1.54, 1.807) is 7.11 Å². The van der Waals surface area contributed by atoms with Gasteiger partial charge in [-0.1, -0.05) is 12.1 Å². The third-order valence-corrected chi connectivity index (χ3v) is 5.18. The van der Waals surface area contributed by atoms with Crippen molar-refractivity contribution in [3.63, 3.8) is 0 Å². The van der Waals surface area contributed by atoms with E-state index in [0.717, 1.165) is 65.6 Å². The Labute approximate surface area is 176 Å². The number of methoxy groups -OCH3 is 1. The molecule has 7 heteroatoms. The second kappa shape index (κ2) is 9.00. The molecular formula is C23H26N4O3. The molecule has 0 radical (unpaired) electrons. The van der Waals surface area contributed by atoms with Crippen LogP contribution in [0.1, 0.15) is 11.1 Å². The van der Waals surface area contributed by atoms with Crippen molar-refractivity contribution in [1.29, 1.82) is 0 Å². The molecule has 4 rings (SSSR count). The standard InChI is InChI=1S/C23H26N4O3/c1-16-12-22(27-8-10-30-11-9-27)26-21-7-6-18(14-20(16)21)25-23(28)24-15-17-4-3-5-19(13-17)29-2/h3-7,12-14H,8-11,15H2,1-2H3,(H2,24,25,28). The van der Waals surface area contributed by atoms with E-state index in [9.17, 15) is 4.79 Å². The van der Waals surface area contributed by atoms with E-state index in [1.165, 1.54) is 0 Å². The lowest BCUT2D eigenvalue weighted by Gasteiger charge is -2.28. The summed E-state index contributed by atoms with van der Waals surface area (Å²) in [6.45, 7) is 5.65. The molecule has 3 aromatic rings. The first-order valence-electron chi connectivity index (χ1n) is 10.0. The highest BCUT2D eigenvalue weighted by Gasteiger charge is 2.14.